The molecule has 1 unspecified atom stereocenters. The molecule has 1 aromatic carbocycles. The minimum atomic E-state index is -0.497. The molecule has 19 heavy (non-hydrogen) atoms. The van der Waals surface area contributed by atoms with Crippen LogP contribution in [-0.2, 0) is 20.7 Å². The predicted molar refractivity (Wildman–Crippen MR) is 72.4 cm³/mol. The van der Waals surface area contributed by atoms with Crippen LogP contribution < -0.4 is 10.6 Å². The van der Waals surface area contributed by atoms with Gasteiger partial charge in [-0.1, -0.05) is 0 Å². The van der Waals surface area contributed by atoms with Gasteiger partial charge in [-0.3, -0.25) is 4.79 Å². The normalized spacial score (nSPS) is 22.2. The molecule has 0 aromatic heterocycles. The summed E-state index contributed by atoms with van der Waals surface area (Å²) in [6.45, 7) is 2.39. The van der Waals surface area contributed by atoms with E-state index in [0.29, 0.717) is 19.8 Å². The number of hydrogen-bond donors (Lipinski definition) is 2. The highest BCUT2D eigenvalue weighted by Gasteiger charge is 2.22. The third-order valence-electron chi connectivity index (χ3n) is 3.42. The molecule has 0 bridgehead atoms. The highest BCUT2D eigenvalue weighted by atomic mass is 16.6. The van der Waals surface area contributed by atoms with Crippen molar-refractivity contribution in [3.63, 3.8) is 0 Å². The van der Waals surface area contributed by atoms with Crippen molar-refractivity contribution >= 4 is 17.3 Å². The fourth-order valence-corrected chi connectivity index (χ4v) is 2.41. The summed E-state index contributed by atoms with van der Waals surface area (Å²) in [5, 5.41) is 6.24. The largest absolute Gasteiger partial charge is 0.385 e. The molecule has 2 aliphatic heterocycles. The zero-order valence-corrected chi connectivity index (χ0v) is 10.8. The summed E-state index contributed by atoms with van der Waals surface area (Å²) in [6, 6.07) is 5.96. The first kappa shape index (κ1) is 12.4. The standard InChI is InChI=1S/C14H18N2O3/c17-14(13-9-18-6-7-19-13)16-11-3-4-12-10(8-11)2-1-5-15-12/h3-4,8,13,15H,1-2,5-7,9H2,(H,16,17). The van der Waals surface area contributed by atoms with Crippen molar-refractivity contribution in [3.8, 4) is 0 Å². The highest BCUT2D eigenvalue weighted by molar-refractivity contribution is 5.94. The molecule has 2 heterocycles. The molecule has 0 radical (unpaired) electrons. The van der Waals surface area contributed by atoms with E-state index in [1.165, 1.54) is 11.3 Å². The van der Waals surface area contributed by atoms with Gasteiger partial charge < -0.3 is 20.1 Å². The molecule has 1 saturated heterocycles. The van der Waals surface area contributed by atoms with Gasteiger partial charge in [0.15, 0.2) is 6.10 Å². The number of hydrogen-bond acceptors (Lipinski definition) is 4. The summed E-state index contributed by atoms with van der Waals surface area (Å²) >= 11 is 0. The number of carbonyl (C=O) groups excluding carboxylic acids is 1. The molecule has 0 saturated carbocycles. The molecule has 2 aliphatic rings. The zero-order valence-electron chi connectivity index (χ0n) is 10.8. The molecule has 102 valence electrons. The fraction of sp³-hybridized carbons (Fsp3) is 0.500. The maximum absolute atomic E-state index is 12.0. The molecular formula is C14H18N2O3. The number of nitrogens with one attached hydrogen (secondary N) is 2. The van der Waals surface area contributed by atoms with Crippen LogP contribution in [0, 0.1) is 0 Å². The Labute approximate surface area is 112 Å². The summed E-state index contributed by atoms with van der Waals surface area (Å²) in [4.78, 5) is 12.0. The minimum Gasteiger partial charge on any atom is -0.385 e. The van der Waals surface area contributed by atoms with Crippen LogP contribution in [0.2, 0.25) is 0 Å². The number of rotatable bonds is 2. The van der Waals surface area contributed by atoms with E-state index < -0.39 is 6.10 Å². The maximum Gasteiger partial charge on any atom is 0.255 e. The van der Waals surface area contributed by atoms with Gasteiger partial charge in [0.25, 0.3) is 5.91 Å². The topological polar surface area (TPSA) is 59.6 Å². The minimum absolute atomic E-state index is 0.136. The van der Waals surface area contributed by atoms with Crippen LogP contribution in [0.15, 0.2) is 18.2 Å². The van der Waals surface area contributed by atoms with Gasteiger partial charge in [0.05, 0.1) is 19.8 Å². The Kier molecular flexibility index (Phi) is 3.66. The zero-order chi connectivity index (χ0) is 13.1. The van der Waals surface area contributed by atoms with Crippen LogP contribution in [0.25, 0.3) is 0 Å². The number of fused-ring (bicyclic) bond motifs is 1. The molecule has 3 rings (SSSR count). The Hall–Kier alpha value is -1.59. The highest BCUT2D eigenvalue weighted by Crippen LogP contribution is 2.25. The summed E-state index contributed by atoms with van der Waals surface area (Å²) in [5.41, 5.74) is 3.24. The van der Waals surface area contributed by atoms with E-state index in [-0.39, 0.29) is 5.91 Å². The number of ether oxygens (including phenoxy) is 2. The Morgan fingerprint density at radius 2 is 2.32 bits per heavy atom. The predicted octanol–water partition coefficient (Wildman–Crippen LogP) is 1.40. The summed E-state index contributed by atoms with van der Waals surface area (Å²) in [5.74, 6) is -0.136. The van der Waals surface area contributed by atoms with Gasteiger partial charge >= 0.3 is 0 Å². The number of amides is 1. The van der Waals surface area contributed by atoms with Gasteiger partial charge in [0, 0.05) is 17.9 Å². The molecule has 1 amide bonds. The van der Waals surface area contributed by atoms with Crippen LogP contribution in [0.4, 0.5) is 11.4 Å². The van der Waals surface area contributed by atoms with Crippen molar-refractivity contribution in [1.82, 2.24) is 0 Å². The third-order valence-corrected chi connectivity index (χ3v) is 3.42. The summed E-state index contributed by atoms with van der Waals surface area (Å²) in [6.07, 6.45) is 1.68. The lowest BCUT2D eigenvalue weighted by Crippen LogP contribution is -2.39. The monoisotopic (exact) mass is 262 g/mol. The van der Waals surface area contributed by atoms with Crippen molar-refractivity contribution in [3.05, 3.63) is 23.8 Å². The Morgan fingerprint density at radius 1 is 1.37 bits per heavy atom. The van der Waals surface area contributed by atoms with E-state index in [0.717, 1.165) is 25.1 Å². The van der Waals surface area contributed by atoms with Crippen molar-refractivity contribution < 1.29 is 14.3 Å². The lowest BCUT2D eigenvalue weighted by molar-refractivity contribution is -0.142. The second kappa shape index (κ2) is 5.59. The van der Waals surface area contributed by atoms with Crippen LogP contribution in [0.3, 0.4) is 0 Å². The van der Waals surface area contributed by atoms with Gasteiger partial charge in [0.1, 0.15) is 0 Å². The van der Waals surface area contributed by atoms with E-state index in [1.54, 1.807) is 0 Å². The van der Waals surface area contributed by atoms with Crippen LogP contribution in [0.5, 0.6) is 0 Å². The van der Waals surface area contributed by atoms with Gasteiger partial charge in [-0.05, 0) is 36.6 Å². The lowest BCUT2D eigenvalue weighted by Gasteiger charge is -2.23. The first-order valence-corrected chi connectivity index (χ1v) is 6.70. The molecule has 5 heteroatoms. The van der Waals surface area contributed by atoms with Crippen molar-refractivity contribution in [2.45, 2.75) is 18.9 Å². The molecule has 0 aliphatic carbocycles. The number of carbonyl (C=O) groups is 1. The molecular weight excluding hydrogens is 244 g/mol. The molecule has 0 spiro atoms. The van der Waals surface area contributed by atoms with E-state index in [9.17, 15) is 4.79 Å². The van der Waals surface area contributed by atoms with Gasteiger partial charge in [0.2, 0.25) is 0 Å². The molecule has 1 fully saturated rings. The first-order chi connectivity index (χ1) is 9.33. The van der Waals surface area contributed by atoms with Gasteiger partial charge in [-0.2, -0.15) is 0 Å². The summed E-state index contributed by atoms with van der Waals surface area (Å²) < 4.78 is 10.6. The number of aryl methyl sites for hydroxylation is 1. The van der Waals surface area contributed by atoms with Gasteiger partial charge in [-0.25, -0.2) is 0 Å². The number of anilines is 2. The SMILES string of the molecule is O=C(Nc1ccc2c(c1)CCCN2)C1COCCO1. The molecule has 1 aromatic rings. The average Bonchev–Trinajstić information content (AvgIpc) is 2.48. The fourth-order valence-electron chi connectivity index (χ4n) is 2.41. The smallest absolute Gasteiger partial charge is 0.255 e. The van der Waals surface area contributed by atoms with E-state index in [2.05, 4.69) is 10.6 Å². The molecule has 5 nitrogen and oxygen atoms in total. The van der Waals surface area contributed by atoms with Crippen molar-refractivity contribution in [1.29, 1.82) is 0 Å². The van der Waals surface area contributed by atoms with Crippen LogP contribution >= 0.6 is 0 Å². The third kappa shape index (κ3) is 2.88. The van der Waals surface area contributed by atoms with E-state index in [4.69, 9.17) is 9.47 Å². The maximum atomic E-state index is 12.0. The summed E-state index contributed by atoms with van der Waals surface area (Å²) in [7, 11) is 0. The Balaban J connectivity index is 1.67. The van der Waals surface area contributed by atoms with Crippen molar-refractivity contribution in [2.24, 2.45) is 0 Å². The second-order valence-corrected chi connectivity index (χ2v) is 4.83. The first-order valence-electron chi connectivity index (χ1n) is 6.70. The molecule has 2 N–H and O–H groups in total. The average molecular weight is 262 g/mol. The van der Waals surface area contributed by atoms with Crippen LogP contribution in [0.1, 0.15) is 12.0 Å². The Bertz CT molecular complexity index is 470. The van der Waals surface area contributed by atoms with Gasteiger partial charge in [-0.15, -0.1) is 0 Å². The number of benzene rings is 1. The quantitative estimate of drug-likeness (QED) is 0.846. The van der Waals surface area contributed by atoms with Crippen LogP contribution in [-0.4, -0.2) is 38.4 Å². The molecule has 1 atom stereocenters. The second-order valence-electron chi connectivity index (χ2n) is 4.83. The van der Waals surface area contributed by atoms with Crippen molar-refractivity contribution in [2.75, 3.05) is 37.0 Å². The Morgan fingerprint density at radius 3 is 3.16 bits per heavy atom. The van der Waals surface area contributed by atoms with E-state index in [1.807, 2.05) is 18.2 Å². The van der Waals surface area contributed by atoms with E-state index >= 15 is 0 Å². The lowest BCUT2D eigenvalue weighted by atomic mass is 10.0.